The Kier molecular flexibility index (Phi) is 7.47. The third-order valence-corrected chi connectivity index (χ3v) is 6.29. The predicted molar refractivity (Wildman–Crippen MR) is 137 cm³/mol. The van der Waals surface area contributed by atoms with E-state index in [4.69, 9.17) is 16.3 Å². The largest absolute Gasteiger partial charge is 0.462 e. The molecule has 0 unspecified atom stereocenters. The molecule has 1 aromatic heterocycles. The van der Waals surface area contributed by atoms with Crippen molar-refractivity contribution in [3.63, 3.8) is 0 Å². The summed E-state index contributed by atoms with van der Waals surface area (Å²) in [5.74, 6) is -2.28. The molecular weight excluding hydrogens is 504 g/mol. The van der Waals surface area contributed by atoms with Crippen LogP contribution in [0.3, 0.4) is 0 Å². The molecule has 0 saturated heterocycles. The molecule has 11 heteroatoms. The van der Waals surface area contributed by atoms with Crippen molar-refractivity contribution in [1.82, 2.24) is 4.98 Å². The Labute approximate surface area is 215 Å². The van der Waals surface area contributed by atoms with Gasteiger partial charge in [0.15, 0.2) is 5.13 Å². The van der Waals surface area contributed by atoms with Crippen molar-refractivity contribution in [2.24, 2.45) is 0 Å². The molecule has 0 bridgehead atoms. The summed E-state index contributed by atoms with van der Waals surface area (Å²) in [5, 5.41) is 7.61. The molecule has 1 aliphatic heterocycles. The number of rotatable bonds is 8. The van der Waals surface area contributed by atoms with Crippen LogP contribution < -0.4 is 15.5 Å². The number of carbonyl (C=O) groups excluding carboxylic acids is 4. The molecule has 9 nitrogen and oxygen atoms in total. The van der Waals surface area contributed by atoms with Crippen LogP contribution >= 0.6 is 22.9 Å². The van der Waals surface area contributed by atoms with Crippen LogP contribution in [0.2, 0.25) is 0 Å². The first-order valence-corrected chi connectivity index (χ1v) is 12.2. The molecule has 0 spiro atoms. The van der Waals surface area contributed by atoms with Crippen molar-refractivity contribution in [2.75, 3.05) is 22.1 Å². The third kappa shape index (κ3) is 5.29. The van der Waals surface area contributed by atoms with E-state index in [-0.39, 0.29) is 34.5 Å². The number of nitrogens with one attached hydrogen (secondary N) is 2. The van der Waals surface area contributed by atoms with Gasteiger partial charge < -0.3 is 10.1 Å². The Balaban J connectivity index is 1.47. The SMILES string of the molecule is CCCOC(=O)c1cccc(N2C(=O)C(Cl)=C(Nc3ccc(C(=O)Nc4nc(C)cs4)cc3)C2=O)c1. The predicted octanol–water partition coefficient (Wildman–Crippen LogP) is 4.71. The van der Waals surface area contributed by atoms with Gasteiger partial charge in [0.25, 0.3) is 17.7 Å². The minimum Gasteiger partial charge on any atom is -0.462 e. The molecule has 184 valence electrons. The van der Waals surface area contributed by atoms with Crippen LogP contribution in [-0.2, 0) is 14.3 Å². The highest BCUT2D eigenvalue weighted by molar-refractivity contribution is 7.13. The second kappa shape index (κ2) is 10.7. The number of esters is 1. The summed E-state index contributed by atoms with van der Waals surface area (Å²) < 4.78 is 5.12. The average molecular weight is 525 g/mol. The van der Waals surface area contributed by atoms with Crippen molar-refractivity contribution < 1.29 is 23.9 Å². The number of aromatic nitrogens is 1. The van der Waals surface area contributed by atoms with E-state index in [2.05, 4.69) is 15.6 Å². The van der Waals surface area contributed by atoms with Crippen LogP contribution in [0.4, 0.5) is 16.5 Å². The lowest BCUT2D eigenvalue weighted by molar-refractivity contribution is -0.120. The monoisotopic (exact) mass is 524 g/mol. The molecule has 0 atom stereocenters. The maximum atomic E-state index is 13.1. The lowest BCUT2D eigenvalue weighted by atomic mass is 10.2. The van der Waals surface area contributed by atoms with E-state index in [9.17, 15) is 19.2 Å². The number of hydrogen-bond donors (Lipinski definition) is 2. The van der Waals surface area contributed by atoms with E-state index in [1.165, 1.54) is 29.5 Å². The maximum Gasteiger partial charge on any atom is 0.338 e. The third-order valence-electron chi connectivity index (χ3n) is 5.06. The van der Waals surface area contributed by atoms with Crippen LogP contribution in [0.5, 0.6) is 0 Å². The number of thiazole rings is 1. The fourth-order valence-electron chi connectivity index (χ4n) is 3.33. The molecule has 0 fully saturated rings. The standard InChI is InChI=1S/C25H21ClN4O5S/c1-3-11-35-24(34)16-5-4-6-18(12-16)30-22(32)19(26)20(23(30)33)28-17-9-7-15(8-10-17)21(31)29-25-27-14(2)13-36-25/h4-10,12-13,28H,3,11H2,1-2H3,(H,27,29,31). The van der Waals surface area contributed by atoms with E-state index >= 15 is 0 Å². The van der Waals surface area contributed by atoms with E-state index in [1.54, 1.807) is 30.3 Å². The van der Waals surface area contributed by atoms with Crippen LogP contribution in [0.1, 0.15) is 39.8 Å². The van der Waals surface area contributed by atoms with Gasteiger partial charge in [-0.05, 0) is 55.8 Å². The summed E-state index contributed by atoms with van der Waals surface area (Å²) in [6.45, 7) is 3.97. The number of amides is 3. The van der Waals surface area contributed by atoms with Gasteiger partial charge in [0, 0.05) is 16.6 Å². The minimum absolute atomic E-state index is 0.115. The number of ether oxygens (including phenoxy) is 1. The lowest BCUT2D eigenvalue weighted by Gasteiger charge is -2.16. The van der Waals surface area contributed by atoms with Gasteiger partial charge in [0.05, 0.1) is 23.6 Å². The molecule has 0 radical (unpaired) electrons. The zero-order chi connectivity index (χ0) is 25.8. The van der Waals surface area contributed by atoms with Crippen molar-refractivity contribution in [1.29, 1.82) is 0 Å². The van der Waals surface area contributed by atoms with Gasteiger partial charge in [-0.3, -0.25) is 19.7 Å². The normalized spacial score (nSPS) is 13.2. The number of anilines is 3. The average Bonchev–Trinajstić information content (AvgIpc) is 3.38. The lowest BCUT2D eigenvalue weighted by Crippen LogP contribution is -2.32. The van der Waals surface area contributed by atoms with Gasteiger partial charge in [-0.25, -0.2) is 14.7 Å². The first kappa shape index (κ1) is 25.1. The highest BCUT2D eigenvalue weighted by atomic mass is 35.5. The van der Waals surface area contributed by atoms with Gasteiger partial charge in [0.2, 0.25) is 0 Å². The maximum absolute atomic E-state index is 13.1. The van der Waals surface area contributed by atoms with Gasteiger partial charge in [-0.15, -0.1) is 11.3 Å². The highest BCUT2D eigenvalue weighted by Crippen LogP contribution is 2.31. The van der Waals surface area contributed by atoms with Gasteiger partial charge in [-0.1, -0.05) is 24.6 Å². The smallest absolute Gasteiger partial charge is 0.338 e. The van der Waals surface area contributed by atoms with E-state index < -0.39 is 17.8 Å². The van der Waals surface area contributed by atoms with Crippen LogP contribution in [0.15, 0.2) is 64.6 Å². The van der Waals surface area contributed by atoms with Crippen molar-refractivity contribution in [3.05, 3.63) is 81.5 Å². The molecular formula is C25H21ClN4O5S. The van der Waals surface area contributed by atoms with E-state index in [0.29, 0.717) is 22.8 Å². The highest BCUT2D eigenvalue weighted by Gasteiger charge is 2.39. The van der Waals surface area contributed by atoms with Crippen LogP contribution in [0, 0.1) is 6.92 Å². The quantitative estimate of drug-likeness (QED) is 0.324. The molecule has 3 amide bonds. The second-order valence-electron chi connectivity index (χ2n) is 7.77. The fraction of sp³-hybridized carbons (Fsp3) is 0.160. The molecule has 36 heavy (non-hydrogen) atoms. The molecule has 2 heterocycles. The molecule has 3 aromatic rings. The molecule has 0 aliphatic carbocycles. The Bertz CT molecular complexity index is 1380. The molecule has 4 rings (SSSR count). The van der Waals surface area contributed by atoms with Gasteiger partial charge >= 0.3 is 5.97 Å². The summed E-state index contributed by atoms with van der Waals surface area (Å²) in [6, 6.07) is 12.3. The summed E-state index contributed by atoms with van der Waals surface area (Å²) in [6.07, 6.45) is 0.667. The summed E-state index contributed by atoms with van der Waals surface area (Å²) in [7, 11) is 0. The Morgan fingerprint density at radius 1 is 1.08 bits per heavy atom. The first-order chi connectivity index (χ1) is 17.3. The van der Waals surface area contributed by atoms with Crippen molar-refractivity contribution in [2.45, 2.75) is 20.3 Å². The number of benzene rings is 2. The Morgan fingerprint density at radius 3 is 2.50 bits per heavy atom. The number of carbonyl (C=O) groups is 4. The van der Waals surface area contributed by atoms with Crippen LogP contribution in [-0.4, -0.2) is 35.3 Å². The summed E-state index contributed by atoms with van der Waals surface area (Å²) in [4.78, 5) is 55.6. The number of nitrogens with zero attached hydrogens (tertiary/aromatic N) is 2. The molecule has 2 N–H and O–H groups in total. The first-order valence-electron chi connectivity index (χ1n) is 10.9. The number of aryl methyl sites for hydroxylation is 1. The zero-order valence-electron chi connectivity index (χ0n) is 19.3. The Morgan fingerprint density at radius 2 is 1.83 bits per heavy atom. The van der Waals surface area contributed by atoms with Crippen LogP contribution in [0.25, 0.3) is 0 Å². The zero-order valence-corrected chi connectivity index (χ0v) is 20.9. The summed E-state index contributed by atoms with van der Waals surface area (Å²) in [5.41, 5.74) is 1.93. The molecule has 2 aromatic carbocycles. The van der Waals surface area contributed by atoms with Gasteiger partial charge in [0.1, 0.15) is 10.7 Å². The van der Waals surface area contributed by atoms with Crippen molar-refractivity contribution >= 4 is 63.1 Å². The number of halogens is 1. The molecule has 1 aliphatic rings. The van der Waals surface area contributed by atoms with Crippen molar-refractivity contribution in [3.8, 4) is 0 Å². The number of hydrogen-bond acceptors (Lipinski definition) is 8. The van der Waals surface area contributed by atoms with E-state index in [1.807, 2.05) is 19.2 Å². The van der Waals surface area contributed by atoms with Gasteiger partial charge in [-0.2, -0.15) is 0 Å². The molecule has 0 saturated carbocycles. The van der Waals surface area contributed by atoms with E-state index in [0.717, 1.165) is 10.6 Å². The number of imide groups is 1. The fourth-order valence-corrected chi connectivity index (χ4v) is 4.22. The second-order valence-corrected chi connectivity index (χ2v) is 9.01. The Hall–Kier alpha value is -4.02. The topological polar surface area (TPSA) is 118 Å². The minimum atomic E-state index is -0.724. The summed E-state index contributed by atoms with van der Waals surface area (Å²) >= 11 is 7.53.